The minimum absolute atomic E-state index is 0.0123. The van der Waals surface area contributed by atoms with Gasteiger partial charge in [0.1, 0.15) is 6.61 Å². The maximum absolute atomic E-state index is 11.7. The van der Waals surface area contributed by atoms with Gasteiger partial charge in [-0.2, -0.15) is 0 Å². The number of ether oxygens (including phenoxy) is 1. The summed E-state index contributed by atoms with van der Waals surface area (Å²) in [6, 6.07) is 8.56. The van der Waals surface area contributed by atoms with Crippen LogP contribution in [0.2, 0.25) is 0 Å². The van der Waals surface area contributed by atoms with E-state index in [4.69, 9.17) is 13.8 Å². The SMILES string of the molecule is CN1CC(=O)OP(/C=C/COC(=O)c2ccccc2)OC(=O)C1. The van der Waals surface area contributed by atoms with Gasteiger partial charge in [-0.25, -0.2) is 4.79 Å². The first-order chi connectivity index (χ1) is 11.0. The van der Waals surface area contributed by atoms with Crippen molar-refractivity contribution in [1.29, 1.82) is 0 Å². The van der Waals surface area contributed by atoms with Crippen molar-refractivity contribution in [3.8, 4) is 0 Å². The standard InChI is InChI=1S/C15H16NO6P/c1-16-10-13(17)21-23(22-14(18)11-16)9-5-8-20-15(19)12-6-3-2-4-7-12/h2-7,9H,8,10-11H2,1H3/b9-5+. The van der Waals surface area contributed by atoms with Gasteiger partial charge in [0.15, 0.2) is 0 Å². The molecule has 1 heterocycles. The summed E-state index contributed by atoms with van der Waals surface area (Å²) in [5.41, 5.74) is 0.443. The Labute approximate surface area is 134 Å². The molecule has 0 atom stereocenters. The molecule has 1 saturated heterocycles. The monoisotopic (exact) mass is 337 g/mol. The molecule has 0 amide bonds. The molecular formula is C15H16NO6P. The van der Waals surface area contributed by atoms with Crippen molar-refractivity contribution in [2.45, 2.75) is 0 Å². The van der Waals surface area contributed by atoms with Gasteiger partial charge in [-0.3, -0.25) is 14.5 Å². The van der Waals surface area contributed by atoms with Crippen LogP contribution < -0.4 is 0 Å². The van der Waals surface area contributed by atoms with Gasteiger partial charge in [0.05, 0.1) is 18.7 Å². The number of hydrogen-bond acceptors (Lipinski definition) is 7. The minimum atomic E-state index is -1.80. The highest BCUT2D eigenvalue weighted by Crippen LogP contribution is 2.41. The third-order valence-electron chi connectivity index (χ3n) is 2.73. The van der Waals surface area contributed by atoms with E-state index in [1.165, 1.54) is 16.8 Å². The van der Waals surface area contributed by atoms with Gasteiger partial charge in [-0.1, -0.05) is 18.2 Å². The van der Waals surface area contributed by atoms with Crippen LogP contribution in [-0.2, 0) is 23.4 Å². The number of benzene rings is 1. The molecule has 23 heavy (non-hydrogen) atoms. The lowest BCUT2D eigenvalue weighted by Gasteiger charge is -2.21. The Kier molecular flexibility index (Phi) is 6.26. The first-order valence-corrected chi connectivity index (χ1v) is 8.07. The average Bonchev–Trinajstić information content (AvgIpc) is 2.50. The molecule has 2 rings (SSSR count). The maximum atomic E-state index is 11.7. The summed E-state index contributed by atoms with van der Waals surface area (Å²) in [6.07, 6.45) is 1.48. The fourth-order valence-electron chi connectivity index (χ4n) is 1.75. The largest absolute Gasteiger partial charge is 0.458 e. The molecule has 0 N–H and O–H groups in total. The smallest absolute Gasteiger partial charge is 0.338 e. The number of hydrogen-bond donors (Lipinski definition) is 0. The van der Waals surface area contributed by atoms with Gasteiger partial charge in [0.2, 0.25) is 0 Å². The zero-order valence-electron chi connectivity index (χ0n) is 12.5. The molecular weight excluding hydrogens is 321 g/mol. The summed E-state index contributed by atoms with van der Waals surface area (Å²) in [5, 5.41) is 0. The minimum Gasteiger partial charge on any atom is -0.458 e. The predicted octanol–water partition coefficient (Wildman–Crippen LogP) is 1.70. The summed E-state index contributed by atoms with van der Waals surface area (Å²) >= 11 is 0. The van der Waals surface area contributed by atoms with E-state index in [0.29, 0.717) is 5.56 Å². The Morgan fingerprint density at radius 2 is 1.83 bits per heavy atom. The average molecular weight is 337 g/mol. The number of carbonyl (C=O) groups excluding carboxylic acids is 3. The summed E-state index contributed by atoms with van der Waals surface area (Å²) in [7, 11) is -0.176. The van der Waals surface area contributed by atoms with E-state index in [1.807, 2.05) is 0 Å². The Balaban J connectivity index is 1.83. The Morgan fingerprint density at radius 1 is 1.22 bits per heavy atom. The van der Waals surface area contributed by atoms with Crippen LogP contribution in [0.5, 0.6) is 0 Å². The van der Waals surface area contributed by atoms with Crippen LogP contribution in [0.25, 0.3) is 0 Å². The third kappa shape index (κ3) is 5.81. The molecule has 7 nitrogen and oxygen atoms in total. The lowest BCUT2D eigenvalue weighted by Crippen LogP contribution is -2.34. The second-order valence-electron chi connectivity index (χ2n) is 4.73. The molecule has 0 bridgehead atoms. The Hall–Kier alpha value is -2.24. The zero-order valence-corrected chi connectivity index (χ0v) is 13.4. The first kappa shape index (κ1) is 17.1. The van der Waals surface area contributed by atoms with Crippen molar-refractivity contribution in [2.24, 2.45) is 0 Å². The molecule has 1 aromatic carbocycles. The van der Waals surface area contributed by atoms with Crippen molar-refractivity contribution in [2.75, 3.05) is 26.7 Å². The van der Waals surface area contributed by atoms with E-state index in [9.17, 15) is 14.4 Å². The van der Waals surface area contributed by atoms with E-state index in [2.05, 4.69) is 0 Å². The molecule has 1 aromatic rings. The Bertz CT molecular complexity index is 583. The van der Waals surface area contributed by atoms with E-state index in [-0.39, 0.29) is 19.7 Å². The molecule has 0 aromatic heterocycles. The van der Waals surface area contributed by atoms with Crippen molar-refractivity contribution in [3.05, 3.63) is 47.8 Å². The summed E-state index contributed by atoms with van der Waals surface area (Å²) in [4.78, 5) is 36.3. The fourth-order valence-corrected chi connectivity index (χ4v) is 2.68. The van der Waals surface area contributed by atoms with Gasteiger partial charge in [0, 0.05) is 5.82 Å². The summed E-state index contributed by atoms with van der Waals surface area (Å²) < 4.78 is 15.1. The van der Waals surface area contributed by atoms with E-state index in [0.717, 1.165) is 0 Å². The van der Waals surface area contributed by atoms with Crippen molar-refractivity contribution < 1.29 is 28.2 Å². The third-order valence-corrected chi connectivity index (χ3v) is 3.95. The van der Waals surface area contributed by atoms with Gasteiger partial charge in [0.25, 0.3) is 0 Å². The molecule has 1 aliphatic heterocycles. The van der Waals surface area contributed by atoms with Crippen LogP contribution in [0.3, 0.4) is 0 Å². The summed E-state index contributed by atoms with van der Waals surface area (Å²) in [5.74, 6) is 0.0136. The van der Waals surface area contributed by atoms with E-state index in [1.54, 1.807) is 37.4 Å². The lowest BCUT2D eigenvalue weighted by atomic mass is 10.2. The second kappa shape index (κ2) is 8.41. The normalized spacial score (nSPS) is 17.3. The lowest BCUT2D eigenvalue weighted by molar-refractivity contribution is -0.142. The number of esters is 1. The topological polar surface area (TPSA) is 82.1 Å². The van der Waals surface area contributed by atoms with Crippen LogP contribution in [0.1, 0.15) is 10.4 Å². The molecule has 1 aliphatic rings. The zero-order chi connectivity index (χ0) is 16.7. The molecule has 8 heteroatoms. The van der Waals surface area contributed by atoms with Gasteiger partial charge >= 0.3 is 26.3 Å². The van der Waals surface area contributed by atoms with E-state index < -0.39 is 26.3 Å². The highest BCUT2D eigenvalue weighted by atomic mass is 31.2. The quantitative estimate of drug-likeness (QED) is 0.611. The highest BCUT2D eigenvalue weighted by Gasteiger charge is 2.24. The molecule has 0 unspecified atom stereocenters. The molecule has 122 valence electrons. The van der Waals surface area contributed by atoms with Crippen LogP contribution in [0, 0.1) is 0 Å². The number of carbonyl (C=O) groups is 3. The summed E-state index contributed by atoms with van der Waals surface area (Å²) in [6.45, 7) is 0.0249. The Morgan fingerprint density at radius 3 is 2.43 bits per heavy atom. The molecule has 1 fully saturated rings. The number of nitrogens with zero attached hydrogens (tertiary/aromatic N) is 1. The van der Waals surface area contributed by atoms with E-state index >= 15 is 0 Å². The van der Waals surface area contributed by atoms with Crippen LogP contribution in [-0.4, -0.2) is 49.6 Å². The van der Waals surface area contributed by atoms with Crippen LogP contribution in [0.4, 0.5) is 0 Å². The van der Waals surface area contributed by atoms with Gasteiger partial charge in [-0.15, -0.1) is 0 Å². The van der Waals surface area contributed by atoms with Crippen LogP contribution in [0.15, 0.2) is 42.2 Å². The molecule has 0 aliphatic carbocycles. The van der Waals surface area contributed by atoms with Crippen molar-refractivity contribution in [3.63, 3.8) is 0 Å². The first-order valence-electron chi connectivity index (χ1n) is 6.83. The van der Waals surface area contributed by atoms with Crippen molar-refractivity contribution in [1.82, 2.24) is 4.90 Å². The fraction of sp³-hybridized carbons (Fsp3) is 0.267. The predicted molar refractivity (Wildman–Crippen MR) is 82.5 cm³/mol. The molecule has 0 saturated carbocycles. The highest BCUT2D eigenvalue weighted by molar-refractivity contribution is 7.51. The van der Waals surface area contributed by atoms with Gasteiger partial charge in [-0.05, 0) is 25.3 Å². The van der Waals surface area contributed by atoms with Crippen LogP contribution >= 0.6 is 8.38 Å². The van der Waals surface area contributed by atoms with Crippen molar-refractivity contribution >= 4 is 26.3 Å². The maximum Gasteiger partial charge on any atom is 0.338 e. The van der Waals surface area contributed by atoms with Gasteiger partial charge < -0.3 is 13.8 Å². The molecule has 0 spiro atoms. The number of likely N-dealkylation sites (N-methyl/N-ethyl adjacent to an activating group) is 1. The number of rotatable bonds is 4. The second-order valence-corrected chi connectivity index (χ2v) is 5.97. The molecule has 0 radical (unpaired) electrons.